The van der Waals surface area contributed by atoms with Crippen molar-refractivity contribution in [2.75, 3.05) is 6.54 Å². The van der Waals surface area contributed by atoms with Crippen LogP contribution in [0.4, 0.5) is 0 Å². The minimum absolute atomic E-state index is 0.215. The largest absolute Gasteiger partial charge is 0.320 e. The quantitative estimate of drug-likeness (QED) is 0.615. The highest BCUT2D eigenvalue weighted by molar-refractivity contribution is 5.77. The van der Waals surface area contributed by atoms with Gasteiger partial charge >= 0.3 is 0 Å². The van der Waals surface area contributed by atoms with Crippen LogP contribution in [0.1, 0.15) is 53.4 Å². The van der Waals surface area contributed by atoms with Crippen molar-refractivity contribution in [1.29, 1.82) is 0 Å². The smallest absolute Gasteiger partial charge is 0.226 e. The van der Waals surface area contributed by atoms with Crippen LogP contribution in [0.5, 0.6) is 0 Å². The van der Waals surface area contributed by atoms with Crippen molar-refractivity contribution in [2.45, 2.75) is 53.4 Å². The van der Waals surface area contributed by atoms with Crippen molar-refractivity contribution in [3.05, 3.63) is 12.8 Å². The highest BCUT2D eigenvalue weighted by atomic mass is 16.2. The van der Waals surface area contributed by atoms with Crippen LogP contribution < -0.4 is 0 Å². The Hall–Kier alpha value is -0.790. The van der Waals surface area contributed by atoms with Gasteiger partial charge in [0.05, 0.1) is 0 Å². The molecule has 0 saturated carbocycles. The van der Waals surface area contributed by atoms with Gasteiger partial charge in [-0.25, -0.2) is 0 Å². The molecule has 0 spiro atoms. The predicted molar refractivity (Wildman–Crippen MR) is 70.1 cm³/mol. The maximum atomic E-state index is 11.8. The number of rotatable bonds is 8. The molecule has 0 aliphatic rings. The molecule has 2 nitrogen and oxygen atoms in total. The fourth-order valence-electron chi connectivity index (χ4n) is 1.44. The molecule has 0 aliphatic heterocycles. The molecule has 0 rings (SSSR count). The van der Waals surface area contributed by atoms with Crippen LogP contribution >= 0.6 is 0 Å². The third-order valence-corrected chi connectivity index (χ3v) is 3.04. The Kier molecular flexibility index (Phi) is 7.96. The van der Waals surface area contributed by atoms with Crippen molar-refractivity contribution < 1.29 is 4.79 Å². The first-order valence-electron chi connectivity index (χ1n) is 6.43. The third kappa shape index (κ3) is 6.65. The maximum Gasteiger partial charge on any atom is 0.226 e. The van der Waals surface area contributed by atoms with Crippen LogP contribution in [0.25, 0.3) is 0 Å². The Morgan fingerprint density at radius 3 is 2.38 bits per heavy atom. The van der Waals surface area contributed by atoms with Gasteiger partial charge in [0.25, 0.3) is 0 Å². The van der Waals surface area contributed by atoms with Crippen LogP contribution in [-0.4, -0.2) is 17.4 Å². The lowest BCUT2D eigenvalue weighted by molar-refractivity contribution is -0.129. The van der Waals surface area contributed by atoms with Gasteiger partial charge in [-0.05, 0) is 30.9 Å². The zero-order chi connectivity index (χ0) is 12.6. The number of carbonyl (C=O) groups is 1. The first kappa shape index (κ1) is 15.2. The Morgan fingerprint density at radius 2 is 1.94 bits per heavy atom. The van der Waals surface area contributed by atoms with Gasteiger partial charge < -0.3 is 4.90 Å². The number of carbonyl (C=O) groups excluding carboxylic acids is 1. The topological polar surface area (TPSA) is 20.3 Å². The lowest BCUT2D eigenvalue weighted by Crippen LogP contribution is -2.27. The first-order chi connectivity index (χ1) is 7.51. The molecule has 0 bridgehead atoms. The van der Waals surface area contributed by atoms with E-state index >= 15 is 0 Å². The molecular weight excluding hydrogens is 198 g/mol. The molecule has 0 saturated heterocycles. The van der Waals surface area contributed by atoms with Crippen LogP contribution in [0.2, 0.25) is 0 Å². The Labute approximate surface area is 101 Å². The van der Waals surface area contributed by atoms with E-state index in [1.54, 1.807) is 11.1 Å². The van der Waals surface area contributed by atoms with Crippen LogP contribution in [0.15, 0.2) is 12.8 Å². The van der Waals surface area contributed by atoms with Crippen molar-refractivity contribution >= 4 is 5.91 Å². The van der Waals surface area contributed by atoms with E-state index in [0.29, 0.717) is 18.3 Å². The Morgan fingerprint density at radius 1 is 1.31 bits per heavy atom. The van der Waals surface area contributed by atoms with E-state index in [9.17, 15) is 4.79 Å². The summed E-state index contributed by atoms with van der Waals surface area (Å²) in [5.74, 6) is 1.48. The van der Waals surface area contributed by atoms with Gasteiger partial charge in [-0.2, -0.15) is 0 Å². The second-order valence-electron chi connectivity index (χ2n) is 5.00. The monoisotopic (exact) mass is 225 g/mol. The summed E-state index contributed by atoms with van der Waals surface area (Å²) in [6, 6.07) is 0. The average Bonchev–Trinajstić information content (AvgIpc) is 2.26. The number of nitrogens with zero attached hydrogens (tertiary/aromatic N) is 1. The zero-order valence-corrected chi connectivity index (χ0v) is 11.3. The van der Waals surface area contributed by atoms with E-state index in [2.05, 4.69) is 34.3 Å². The molecule has 0 aromatic heterocycles. The van der Waals surface area contributed by atoms with Crippen molar-refractivity contribution in [3.8, 4) is 0 Å². The fraction of sp³-hybridized carbons (Fsp3) is 0.786. The summed E-state index contributed by atoms with van der Waals surface area (Å²) >= 11 is 0. The molecule has 0 aromatic carbocycles. The van der Waals surface area contributed by atoms with Gasteiger partial charge in [0.1, 0.15) is 0 Å². The summed E-state index contributed by atoms with van der Waals surface area (Å²) in [6.45, 7) is 13.2. The predicted octanol–water partition coefficient (Wildman–Crippen LogP) is 3.83. The van der Waals surface area contributed by atoms with Crippen LogP contribution in [0, 0.1) is 11.8 Å². The normalized spacial score (nSPS) is 12.6. The molecule has 0 aromatic rings. The van der Waals surface area contributed by atoms with Gasteiger partial charge in [0.15, 0.2) is 0 Å². The highest BCUT2D eigenvalue weighted by Crippen LogP contribution is 2.11. The van der Waals surface area contributed by atoms with E-state index in [0.717, 1.165) is 19.4 Å². The standard InChI is InChI=1S/C14H27NO/c1-6-13(5)10-11-15(7-2)14(16)9-8-12(3)4/h7,12-13H,2,6,8-11H2,1,3-5H3. The number of hydrogen-bond donors (Lipinski definition) is 0. The van der Waals surface area contributed by atoms with Crippen LogP contribution in [0.3, 0.4) is 0 Å². The molecule has 1 unspecified atom stereocenters. The molecule has 0 fully saturated rings. The van der Waals surface area contributed by atoms with Gasteiger partial charge in [0.2, 0.25) is 5.91 Å². The van der Waals surface area contributed by atoms with E-state index in [1.807, 2.05) is 0 Å². The number of amides is 1. The molecular formula is C14H27NO. The van der Waals surface area contributed by atoms with Crippen molar-refractivity contribution in [3.63, 3.8) is 0 Å². The summed E-state index contributed by atoms with van der Waals surface area (Å²) in [7, 11) is 0. The summed E-state index contributed by atoms with van der Waals surface area (Å²) in [5.41, 5.74) is 0. The van der Waals surface area contributed by atoms with E-state index in [-0.39, 0.29) is 5.91 Å². The van der Waals surface area contributed by atoms with Gasteiger partial charge in [0, 0.05) is 13.0 Å². The molecule has 2 heteroatoms. The minimum Gasteiger partial charge on any atom is -0.320 e. The molecule has 0 heterocycles. The molecule has 0 N–H and O–H groups in total. The molecule has 0 aliphatic carbocycles. The lowest BCUT2D eigenvalue weighted by Gasteiger charge is -2.20. The van der Waals surface area contributed by atoms with Crippen molar-refractivity contribution in [1.82, 2.24) is 4.90 Å². The second kappa shape index (κ2) is 8.37. The van der Waals surface area contributed by atoms with E-state index in [1.165, 1.54) is 6.42 Å². The van der Waals surface area contributed by atoms with Gasteiger partial charge in [-0.1, -0.05) is 40.7 Å². The number of hydrogen-bond acceptors (Lipinski definition) is 1. The van der Waals surface area contributed by atoms with Gasteiger partial charge in [-0.3, -0.25) is 4.79 Å². The SMILES string of the molecule is C=CN(CCC(C)CC)C(=O)CCC(C)C. The summed E-state index contributed by atoms with van der Waals surface area (Å²) in [5, 5.41) is 0. The maximum absolute atomic E-state index is 11.8. The first-order valence-corrected chi connectivity index (χ1v) is 6.43. The Balaban J connectivity index is 3.97. The second-order valence-corrected chi connectivity index (χ2v) is 5.00. The molecule has 1 atom stereocenters. The summed E-state index contributed by atoms with van der Waals surface area (Å²) < 4.78 is 0. The van der Waals surface area contributed by atoms with E-state index in [4.69, 9.17) is 0 Å². The lowest BCUT2D eigenvalue weighted by atomic mass is 10.0. The van der Waals surface area contributed by atoms with Crippen molar-refractivity contribution in [2.24, 2.45) is 11.8 Å². The average molecular weight is 225 g/mol. The zero-order valence-electron chi connectivity index (χ0n) is 11.3. The highest BCUT2D eigenvalue weighted by Gasteiger charge is 2.11. The van der Waals surface area contributed by atoms with E-state index < -0.39 is 0 Å². The molecule has 1 amide bonds. The molecule has 16 heavy (non-hydrogen) atoms. The molecule has 0 radical (unpaired) electrons. The molecule has 94 valence electrons. The minimum atomic E-state index is 0.215. The summed E-state index contributed by atoms with van der Waals surface area (Å²) in [4.78, 5) is 13.6. The van der Waals surface area contributed by atoms with Gasteiger partial charge in [-0.15, -0.1) is 0 Å². The third-order valence-electron chi connectivity index (χ3n) is 3.04. The van der Waals surface area contributed by atoms with Crippen LogP contribution in [-0.2, 0) is 4.79 Å². The fourth-order valence-corrected chi connectivity index (χ4v) is 1.44. The Bertz CT molecular complexity index is 211. The summed E-state index contributed by atoms with van der Waals surface area (Å²) in [6.07, 6.45) is 5.52.